The second kappa shape index (κ2) is 6.50. The smallest absolute Gasteiger partial charge is 0.254 e. The van der Waals surface area contributed by atoms with E-state index >= 15 is 0 Å². The molecule has 0 bridgehead atoms. The fraction of sp³-hybridized carbons (Fsp3) is 0.500. The molecule has 0 radical (unpaired) electrons. The number of carbonyl (C=O) groups is 1. The third-order valence-corrected chi connectivity index (χ3v) is 3.99. The SMILES string of the molecule is Cc1cc(Br)ccc1C(=O)N1CCN(CCO)CC1. The van der Waals surface area contributed by atoms with Gasteiger partial charge in [-0.25, -0.2) is 0 Å². The highest BCUT2D eigenvalue weighted by atomic mass is 79.9. The van der Waals surface area contributed by atoms with E-state index in [4.69, 9.17) is 5.11 Å². The van der Waals surface area contributed by atoms with Crippen LogP contribution in [-0.2, 0) is 0 Å². The van der Waals surface area contributed by atoms with E-state index in [1.807, 2.05) is 30.0 Å². The summed E-state index contributed by atoms with van der Waals surface area (Å²) in [4.78, 5) is 16.5. The van der Waals surface area contributed by atoms with Gasteiger partial charge in [-0.2, -0.15) is 0 Å². The standard InChI is InChI=1S/C14H19BrN2O2/c1-11-10-12(15)2-3-13(11)14(19)17-6-4-16(5-7-17)8-9-18/h2-3,10,18H,4-9H2,1H3. The number of piperazine rings is 1. The lowest BCUT2D eigenvalue weighted by Gasteiger charge is -2.34. The van der Waals surface area contributed by atoms with E-state index in [0.717, 1.165) is 41.8 Å². The van der Waals surface area contributed by atoms with Crippen molar-refractivity contribution in [2.24, 2.45) is 0 Å². The van der Waals surface area contributed by atoms with E-state index in [0.29, 0.717) is 6.54 Å². The summed E-state index contributed by atoms with van der Waals surface area (Å²) in [5, 5.41) is 8.91. The van der Waals surface area contributed by atoms with Crippen molar-refractivity contribution in [3.8, 4) is 0 Å². The number of halogens is 1. The van der Waals surface area contributed by atoms with Crippen LogP contribution in [0.2, 0.25) is 0 Å². The number of amides is 1. The van der Waals surface area contributed by atoms with E-state index < -0.39 is 0 Å². The highest BCUT2D eigenvalue weighted by molar-refractivity contribution is 9.10. The fourth-order valence-electron chi connectivity index (χ4n) is 2.35. The monoisotopic (exact) mass is 326 g/mol. The van der Waals surface area contributed by atoms with Gasteiger partial charge in [0.05, 0.1) is 6.61 Å². The summed E-state index contributed by atoms with van der Waals surface area (Å²) in [5.74, 6) is 0.105. The van der Waals surface area contributed by atoms with Crippen molar-refractivity contribution in [2.75, 3.05) is 39.3 Å². The van der Waals surface area contributed by atoms with Crippen molar-refractivity contribution in [1.82, 2.24) is 9.80 Å². The average molecular weight is 327 g/mol. The van der Waals surface area contributed by atoms with E-state index in [9.17, 15) is 4.79 Å². The number of aliphatic hydroxyl groups is 1. The quantitative estimate of drug-likeness (QED) is 0.915. The summed E-state index contributed by atoms with van der Waals surface area (Å²) < 4.78 is 0.995. The molecule has 1 aromatic rings. The van der Waals surface area contributed by atoms with Gasteiger partial charge in [-0.05, 0) is 30.7 Å². The Hall–Kier alpha value is -0.910. The van der Waals surface area contributed by atoms with E-state index in [1.54, 1.807) is 0 Å². The van der Waals surface area contributed by atoms with Crippen molar-refractivity contribution in [3.63, 3.8) is 0 Å². The number of hydrogen-bond acceptors (Lipinski definition) is 3. The summed E-state index contributed by atoms with van der Waals surface area (Å²) in [6.45, 7) is 5.96. The minimum atomic E-state index is 0.105. The summed E-state index contributed by atoms with van der Waals surface area (Å²) in [6.07, 6.45) is 0. The molecule has 1 fully saturated rings. The molecule has 0 saturated carbocycles. The van der Waals surface area contributed by atoms with Gasteiger partial charge in [0, 0.05) is 42.8 Å². The molecule has 0 spiro atoms. The van der Waals surface area contributed by atoms with Crippen molar-refractivity contribution in [3.05, 3.63) is 33.8 Å². The molecule has 5 heteroatoms. The number of benzene rings is 1. The van der Waals surface area contributed by atoms with Gasteiger partial charge >= 0.3 is 0 Å². The second-order valence-electron chi connectivity index (χ2n) is 4.82. The van der Waals surface area contributed by atoms with Crippen LogP contribution in [0.4, 0.5) is 0 Å². The molecule has 1 N–H and O–H groups in total. The molecule has 0 unspecified atom stereocenters. The molecule has 1 aliphatic heterocycles. The lowest BCUT2D eigenvalue weighted by atomic mass is 10.1. The molecule has 1 amide bonds. The van der Waals surface area contributed by atoms with Crippen molar-refractivity contribution >= 4 is 21.8 Å². The third-order valence-electron chi connectivity index (χ3n) is 3.49. The maximum atomic E-state index is 12.4. The zero-order valence-electron chi connectivity index (χ0n) is 11.1. The minimum absolute atomic E-state index is 0.105. The Bertz CT molecular complexity index is 457. The summed E-state index contributed by atoms with van der Waals surface area (Å²) >= 11 is 3.41. The van der Waals surface area contributed by atoms with Crippen LogP contribution in [0.5, 0.6) is 0 Å². The Labute approximate surface area is 122 Å². The Morgan fingerprint density at radius 2 is 2.00 bits per heavy atom. The van der Waals surface area contributed by atoms with Crippen LogP contribution in [0.3, 0.4) is 0 Å². The minimum Gasteiger partial charge on any atom is -0.395 e. The number of aryl methyl sites for hydroxylation is 1. The number of nitrogens with zero attached hydrogens (tertiary/aromatic N) is 2. The van der Waals surface area contributed by atoms with Crippen molar-refractivity contribution in [2.45, 2.75) is 6.92 Å². The maximum absolute atomic E-state index is 12.4. The molecule has 19 heavy (non-hydrogen) atoms. The number of β-amino-alcohol motifs (C(OH)–C–C–N with tert-alkyl or cyclic N) is 1. The molecule has 0 aliphatic carbocycles. The molecular weight excluding hydrogens is 308 g/mol. The topological polar surface area (TPSA) is 43.8 Å². The number of rotatable bonds is 3. The Morgan fingerprint density at radius 1 is 1.32 bits per heavy atom. The van der Waals surface area contributed by atoms with Gasteiger partial charge in [-0.1, -0.05) is 15.9 Å². The van der Waals surface area contributed by atoms with Crippen LogP contribution in [0.15, 0.2) is 22.7 Å². The van der Waals surface area contributed by atoms with Gasteiger partial charge < -0.3 is 10.0 Å². The highest BCUT2D eigenvalue weighted by Gasteiger charge is 2.22. The molecule has 1 aromatic carbocycles. The first-order valence-electron chi connectivity index (χ1n) is 6.50. The largest absolute Gasteiger partial charge is 0.395 e. The second-order valence-corrected chi connectivity index (χ2v) is 5.73. The first kappa shape index (κ1) is 14.5. The third kappa shape index (κ3) is 3.55. The van der Waals surface area contributed by atoms with Crippen LogP contribution in [0.1, 0.15) is 15.9 Å². The predicted molar refractivity (Wildman–Crippen MR) is 78.3 cm³/mol. The van der Waals surface area contributed by atoms with Gasteiger partial charge in [0.1, 0.15) is 0 Å². The van der Waals surface area contributed by atoms with Gasteiger partial charge in [-0.3, -0.25) is 9.69 Å². The van der Waals surface area contributed by atoms with Gasteiger partial charge in [-0.15, -0.1) is 0 Å². The predicted octanol–water partition coefficient (Wildman–Crippen LogP) is 1.51. The molecule has 104 valence electrons. The zero-order valence-corrected chi connectivity index (χ0v) is 12.7. The molecule has 4 nitrogen and oxygen atoms in total. The lowest BCUT2D eigenvalue weighted by Crippen LogP contribution is -2.49. The van der Waals surface area contributed by atoms with Gasteiger partial charge in [0.25, 0.3) is 5.91 Å². The van der Waals surface area contributed by atoms with E-state index in [2.05, 4.69) is 20.8 Å². The molecule has 0 atom stereocenters. The fourth-order valence-corrected chi connectivity index (χ4v) is 2.83. The number of carbonyl (C=O) groups excluding carboxylic acids is 1. The van der Waals surface area contributed by atoms with Gasteiger partial charge in [0.2, 0.25) is 0 Å². The first-order chi connectivity index (χ1) is 9.11. The Morgan fingerprint density at radius 3 is 2.58 bits per heavy atom. The highest BCUT2D eigenvalue weighted by Crippen LogP contribution is 2.18. The van der Waals surface area contributed by atoms with Crippen molar-refractivity contribution in [1.29, 1.82) is 0 Å². The Kier molecular flexibility index (Phi) is 4.96. The van der Waals surface area contributed by atoms with Crippen LogP contribution >= 0.6 is 15.9 Å². The summed E-state index contributed by atoms with van der Waals surface area (Å²) in [7, 11) is 0. The molecule has 1 aliphatic rings. The molecule has 0 aromatic heterocycles. The molecular formula is C14H19BrN2O2. The van der Waals surface area contributed by atoms with E-state index in [1.165, 1.54) is 0 Å². The van der Waals surface area contributed by atoms with Crippen LogP contribution < -0.4 is 0 Å². The maximum Gasteiger partial charge on any atom is 0.254 e. The average Bonchev–Trinajstić information content (AvgIpc) is 2.39. The van der Waals surface area contributed by atoms with Crippen molar-refractivity contribution < 1.29 is 9.90 Å². The van der Waals surface area contributed by atoms with E-state index in [-0.39, 0.29) is 12.5 Å². The number of hydrogen-bond donors (Lipinski definition) is 1. The number of aliphatic hydroxyl groups excluding tert-OH is 1. The lowest BCUT2D eigenvalue weighted by molar-refractivity contribution is 0.0614. The summed E-state index contributed by atoms with van der Waals surface area (Å²) in [6, 6.07) is 5.75. The molecule has 1 heterocycles. The normalized spacial score (nSPS) is 16.7. The first-order valence-corrected chi connectivity index (χ1v) is 7.30. The van der Waals surface area contributed by atoms with Crippen LogP contribution in [-0.4, -0.2) is 60.1 Å². The van der Waals surface area contributed by atoms with Crippen LogP contribution in [0, 0.1) is 6.92 Å². The Balaban J connectivity index is 2.01. The zero-order chi connectivity index (χ0) is 13.8. The van der Waals surface area contributed by atoms with Crippen LogP contribution in [0.25, 0.3) is 0 Å². The summed E-state index contributed by atoms with van der Waals surface area (Å²) in [5.41, 5.74) is 1.77. The molecule has 1 saturated heterocycles. The molecule has 2 rings (SSSR count). The van der Waals surface area contributed by atoms with Gasteiger partial charge in [0.15, 0.2) is 0 Å².